The highest BCUT2D eigenvalue weighted by Crippen LogP contribution is 2.31. The van der Waals surface area contributed by atoms with Gasteiger partial charge in [0.25, 0.3) is 0 Å². The van der Waals surface area contributed by atoms with Gasteiger partial charge in [0.1, 0.15) is 0 Å². The molecule has 0 spiro atoms. The molecular weight excluding hydrogens is 348 g/mol. The van der Waals surface area contributed by atoms with E-state index in [9.17, 15) is 8.42 Å². The zero-order valence-electron chi connectivity index (χ0n) is 11.1. The quantitative estimate of drug-likeness (QED) is 0.889. The Morgan fingerprint density at radius 1 is 1.58 bits per heavy atom. The molecule has 0 aromatic carbocycles. The molecule has 0 saturated carbocycles. The fourth-order valence-corrected chi connectivity index (χ4v) is 6.02. The summed E-state index contributed by atoms with van der Waals surface area (Å²) in [5.41, 5.74) is 0. The number of halogens is 1. The van der Waals surface area contributed by atoms with Gasteiger partial charge in [0.15, 0.2) is 0 Å². The smallest absolute Gasteiger partial charge is 0.243 e. The number of sulfonamides is 1. The zero-order chi connectivity index (χ0) is 14.0. The first-order chi connectivity index (χ1) is 8.91. The van der Waals surface area contributed by atoms with Gasteiger partial charge in [0.05, 0.1) is 8.68 Å². The summed E-state index contributed by atoms with van der Waals surface area (Å²) in [6.07, 6.45) is 2.22. The van der Waals surface area contributed by atoms with Crippen molar-refractivity contribution in [1.82, 2.24) is 9.62 Å². The van der Waals surface area contributed by atoms with Crippen LogP contribution in [-0.2, 0) is 10.0 Å². The van der Waals surface area contributed by atoms with E-state index < -0.39 is 10.0 Å². The number of thiophene rings is 1. The van der Waals surface area contributed by atoms with Gasteiger partial charge in [0, 0.05) is 18.5 Å². The molecule has 7 heteroatoms. The van der Waals surface area contributed by atoms with E-state index in [-0.39, 0.29) is 0 Å². The number of rotatable bonds is 4. The number of aryl methyl sites for hydroxylation is 1. The molecule has 0 aliphatic carbocycles. The standard InChI is InChI=1S/C12H19BrN2O2S2/c1-9-11(6-12(13)18-9)19(16,17)15(2)8-10-4-3-5-14-7-10/h6,10,14H,3-5,7-8H2,1-2H3. The molecule has 1 fully saturated rings. The van der Waals surface area contributed by atoms with Crippen molar-refractivity contribution < 1.29 is 8.42 Å². The minimum atomic E-state index is -3.36. The summed E-state index contributed by atoms with van der Waals surface area (Å²) >= 11 is 4.81. The van der Waals surface area contributed by atoms with E-state index in [0.717, 1.165) is 34.6 Å². The first-order valence-corrected chi connectivity index (χ1v) is 9.39. The minimum Gasteiger partial charge on any atom is -0.316 e. The lowest BCUT2D eigenvalue weighted by molar-refractivity contribution is 0.315. The van der Waals surface area contributed by atoms with Crippen molar-refractivity contribution in [2.24, 2.45) is 5.92 Å². The summed E-state index contributed by atoms with van der Waals surface area (Å²) < 4.78 is 27.4. The number of hydrogen-bond acceptors (Lipinski definition) is 4. The summed E-state index contributed by atoms with van der Waals surface area (Å²) in [6.45, 7) is 4.39. The fraction of sp³-hybridized carbons (Fsp3) is 0.667. The molecule has 1 aliphatic rings. The molecule has 1 unspecified atom stereocenters. The number of piperidine rings is 1. The van der Waals surface area contributed by atoms with Crippen molar-refractivity contribution >= 4 is 37.3 Å². The Hall–Kier alpha value is 0.0500. The van der Waals surface area contributed by atoms with E-state index in [0.29, 0.717) is 17.4 Å². The maximum Gasteiger partial charge on any atom is 0.243 e. The molecule has 19 heavy (non-hydrogen) atoms. The molecule has 2 heterocycles. The molecule has 108 valence electrons. The normalized spacial score (nSPS) is 20.9. The number of nitrogens with one attached hydrogen (secondary N) is 1. The third-order valence-electron chi connectivity index (χ3n) is 3.44. The molecule has 1 N–H and O–H groups in total. The predicted molar refractivity (Wildman–Crippen MR) is 82.2 cm³/mol. The van der Waals surface area contributed by atoms with Gasteiger partial charge in [0.2, 0.25) is 10.0 Å². The van der Waals surface area contributed by atoms with Gasteiger partial charge in [-0.3, -0.25) is 0 Å². The van der Waals surface area contributed by atoms with Gasteiger partial charge in [-0.1, -0.05) is 0 Å². The maximum atomic E-state index is 12.5. The van der Waals surface area contributed by atoms with Crippen LogP contribution >= 0.6 is 27.3 Å². The van der Waals surface area contributed by atoms with Gasteiger partial charge >= 0.3 is 0 Å². The predicted octanol–water partition coefficient (Wildman–Crippen LogP) is 2.44. The van der Waals surface area contributed by atoms with Gasteiger partial charge in [-0.2, -0.15) is 0 Å². The second kappa shape index (κ2) is 6.22. The summed E-state index contributed by atoms with van der Waals surface area (Å²) in [6, 6.07) is 1.70. The second-order valence-electron chi connectivity index (χ2n) is 4.97. The zero-order valence-corrected chi connectivity index (χ0v) is 14.4. The number of hydrogen-bond donors (Lipinski definition) is 1. The van der Waals surface area contributed by atoms with Crippen LogP contribution < -0.4 is 5.32 Å². The number of nitrogens with zero attached hydrogens (tertiary/aromatic N) is 1. The van der Waals surface area contributed by atoms with E-state index >= 15 is 0 Å². The van der Waals surface area contributed by atoms with Gasteiger partial charge in [-0.25, -0.2) is 12.7 Å². The Morgan fingerprint density at radius 3 is 2.84 bits per heavy atom. The highest BCUT2D eigenvalue weighted by molar-refractivity contribution is 9.11. The molecule has 1 saturated heterocycles. The summed E-state index contributed by atoms with van der Waals surface area (Å²) in [5.74, 6) is 0.413. The van der Waals surface area contributed by atoms with Crippen LogP contribution in [0.1, 0.15) is 17.7 Å². The molecule has 4 nitrogen and oxygen atoms in total. The van der Waals surface area contributed by atoms with Crippen LogP contribution in [0.25, 0.3) is 0 Å². The summed E-state index contributed by atoms with van der Waals surface area (Å²) in [4.78, 5) is 1.26. The van der Waals surface area contributed by atoms with Crippen LogP contribution in [0.2, 0.25) is 0 Å². The average molecular weight is 367 g/mol. The molecule has 0 amide bonds. The van der Waals surface area contributed by atoms with Crippen molar-refractivity contribution in [3.05, 3.63) is 14.7 Å². The monoisotopic (exact) mass is 366 g/mol. The van der Waals surface area contributed by atoms with Crippen LogP contribution in [0.5, 0.6) is 0 Å². The highest BCUT2D eigenvalue weighted by Gasteiger charge is 2.27. The molecule has 0 bridgehead atoms. The summed E-state index contributed by atoms with van der Waals surface area (Å²) in [7, 11) is -1.69. The van der Waals surface area contributed by atoms with Crippen molar-refractivity contribution in [1.29, 1.82) is 0 Å². The highest BCUT2D eigenvalue weighted by atomic mass is 79.9. The summed E-state index contributed by atoms with van der Waals surface area (Å²) in [5, 5.41) is 3.32. The van der Waals surface area contributed by atoms with Crippen LogP contribution in [0.4, 0.5) is 0 Å². The van der Waals surface area contributed by atoms with E-state index in [4.69, 9.17) is 0 Å². The van der Waals surface area contributed by atoms with E-state index in [1.807, 2.05) is 6.92 Å². The second-order valence-corrected chi connectivity index (χ2v) is 9.62. The Balaban J connectivity index is 2.12. The molecule has 1 aromatic heterocycles. The third kappa shape index (κ3) is 3.58. The Labute approximate surface area is 127 Å². The lowest BCUT2D eigenvalue weighted by Crippen LogP contribution is -2.39. The van der Waals surface area contributed by atoms with Crippen molar-refractivity contribution in [3.8, 4) is 0 Å². The SMILES string of the molecule is Cc1sc(Br)cc1S(=O)(=O)N(C)CC1CCCNC1. The molecule has 1 aromatic rings. The topological polar surface area (TPSA) is 49.4 Å². The van der Waals surface area contributed by atoms with Gasteiger partial charge in [-0.15, -0.1) is 11.3 Å². The molecule has 2 rings (SSSR count). The third-order valence-corrected chi connectivity index (χ3v) is 7.08. The van der Waals surface area contributed by atoms with Gasteiger partial charge in [-0.05, 0) is 60.8 Å². The molecule has 1 aliphatic heterocycles. The van der Waals surface area contributed by atoms with Gasteiger partial charge < -0.3 is 5.32 Å². The Kier molecular flexibility index (Phi) is 5.05. The van der Waals surface area contributed by atoms with E-state index in [1.165, 1.54) is 15.6 Å². The minimum absolute atomic E-state index is 0.413. The van der Waals surface area contributed by atoms with Crippen LogP contribution in [0.15, 0.2) is 14.7 Å². The molecular formula is C12H19BrN2O2S2. The molecule has 1 atom stereocenters. The van der Waals surface area contributed by atoms with Crippen molar-refractivity contribution in [2.45, 2.75) is 24.7 Å². The van der Waals surface area contributed by atoms with E-state index in [2.05, 4.69) is 21.2 Å². The van der Waals surface area contributed by atoms with Crippen LogP contribution in [0, 0.1) is 12.8 Å². The Morgan fingerprint density at radius 2 is 2.32 bits per heavy atom. The first kappa shape index (κ1) is 15.4. The van der Waals surface area contributed by atoms with Crippen molar-refractivity contribution in [3.63, 3.8) is 0 Å². The fourth-order valence-electron chi connectivity index (χ4n) is 2.40. The largest absolute Gasteiger partial charge is 0.316 e. The first-order valence-electron chi connectivity index (χ1n) is 6.34. The maximum absolute atomic E-state index is 12.5. The van der Waals surface area contributed by atoms with Crippen molar-refractivity contribution in [2.75, 3.05) is 26.7 Å². The lowest BCUT2D eigenvalue weighted by Gasteiger charge is -2.27. The van der Waals surface area contributed by atoms with Crippen LogP contribution in [0.3, 0.4) is 0 Å². The van der Waals surface area contributed by atoms with E-state index in [1.54, 1.807) is 13.1 Å². The Bertz CT molecular complexity index is 536. The average Bonchev–Trinajstić information content (AvgIpc) is 2.70. The van der Waals surface area contributed by atoms with Crippen LogP contribution in [-0.4, -0.2) is 39.4 Å². The molecule has 0 radical (unpaired) electrons. The lowest BCUT2D eigenvalue weighted by atomic mass is 10.00.